The molecule has 2 rings (SSSR count). The van der Waals surface area contributed by atoms with Crippen molar-refractivity contribution in [2.45, 2.75) is 26.7 Å². The van der Waals surface area contributed by atoms with Crippen LogP contribution in [0.25, 0.3) is 0 Å². The second-order valence-electron chi connectivity index (χ2n) is 6.95. The second kappa shape index (κ2) is 8.83. The zero-order valence-corrected chi connectivity index (χ0v) is 16.8. The maximum Gasteiger partial charge on any atom is 0.281 e. The Balaban J connectivity index is 1.80. The van der Waals surface area contributed by atoms with Gasteiger partial charge in [-0.2, -0.15) is 17.0 Å². The zero-order valence-electron chi connectivity index (χ0n) is 16.0. The predicted octanol–water partition coefficient (Wildman–Crippen LogP) is 1.32. The Hall–Kier alpha value is -1.64. The SMILES string of the molecule is Cc1cc(C)cc(OCCNC(=O)C2CCCN(S(=O)(=O)N(C)C)C2)c1. The van der Waals surface area contributed by atoms with Crippen molar-refractivity contribution in [2.24, 2.45) is 5.92 Å². The second-order valence-corrected chi connectivity index (χ2v) is 9.09. The van der Waals surface area contributed by atoms with Crippen LogP contribution in [-0.4, -0.2) is 63.3 Å². The lowest BCUT2D eigenvalue weighted by atomic mass is 9.99. The van der Waals surface area contributed by atoms with Gasteiger partial charge in [0.25, 0.3) is 10.2 Å². The number of amides is 1. The fourth-order valence-corrected chi connectivity index (χ4v) is 4.29. The third-order valence-electron chi connectivity index (χ3n) is 4.41. The Labute approximate surface area is 156 Å². The maximum atomic E-state index is 12.4. The largest absolute Gasteiger partial charge is 0.492 e. The third-order valence-corrected chi connectivity index (χ3v) is 6.31. The Bertz CT molecular complexity index is 714. The van der Waals surface area contributed by atoms with Gasteiger partial charge < -0.3 is 10.1 Å². The molecule has 1 aliphatic heterocycles. The van der Waals surface area contributed by atoms with E-state index in [4.69, 9.17) is 4.74 Å². The molecule has 0 aliphatic carbocycles. The summed E-state index contributed by atoms with van der Waals surface area (Å²) in [6, 6.07) is 5.99. The van der Waals surface area contributed by atoms with Crippen molar-refractivity contribution in [1.29, 1.82) is 0 Å². The predicted molar refractivity (Wildman–Crippen MR) is 101 cm³/mol. The Kier molecular flexibility index (Phi) is 7.02. The summed E-state index contributed by atoms with van der Waals surface area (Å²) in [5, 5.41) is 2.85. The first-order valence-corrected chi connectivity index (χ1v) is 10.3. The van der Waals surface area contributed by atoms with Crippen LogP contribution in [0.15, 0.2) is 18.2 Å². The van der Waals surface area contributed by atoms with Gasteiger partial charge in [-0.05, 0) is 49.9 Å². The number of carbonyl (C=O) groups excluding carboxylic acids is 1. The van der Waals surface area contributed by atoms with Crippen LogP contribution in [-0.2, 0) is 15.0 Å². The molecule has 1 atom stereocenters. The van der Waals surface area contributed by atoms with Crippen LogP contribution in [0.5, 0.6) is 5.75 Å². The van der Waals surface area contributed by atoms with E-state index in [1.807, 2.05) is 26.0 Å². The Morgan fingerprint density at radius 3 is 2.54 bits per heavy atom. The molecular weight excluding hydrogens is 354 g/mol. The van der Waals surface area contributed by atoms with Crippen LogP contribution < -0.4 is 10.1 Å². The van der Waals surface area contributed by atoms with E-state index >= 15 is 0 Å². The van der Waals surface area contributed by atoms with E-state index < -0.39 is 10.2 Å². The first-order valence-electron chi connectivity index (χ1n) is 8.86. The van der Waals surface area contributed by atoms with Crippen molar-refractivity contribution in [2.75, 3.05) is 40.3 Å². The molecule has 1 unspecified atom stereocenters. The number of carbonyl (C=O) groups is 1. The van der Waals surface area contributed by atoms with Gasteiger partial charge in [-0.25, -0.2) is 0 Å². The lowest BCUT2D eigenvalue weighted by Crippen LogP contribution is -2.49. The zero-order chi connectivity index (χ0) is 19.3. The number of piperidine rings is 1. The van der Waals surface area contributed by atoms with Gasteiger partial charge in [0.15, 0.2) is 0 Å². The molecule has 26 heavy (non-hydrogen) atoms. The highest BCUT2D eigenvalue weighted by Gasteiger charge is 2.33. The summed E-state index contributed by atoms with van der Waals surface area (Å²) >= 11 is 0. The van der Waals surface area contributed by atoms with E-state index in [9.17, 15) is 13.2 Å². The van der Waals surface area contributed by atoms with Gasteiger partial charge in [-0.15, -0.1) is 0 Å². The highest BCUT2D eigenvalue weighted by molar-refractivity contribution is 7.86. The average Bonchev–Trinajstić information content (AvgIpc) is 2.57. The molecule has 1 aromatic carbocycles. The monoisotopic (exact) mass is 383 g/mol. The van der Waals surface area contributed by atoms with Crippen molar-refractivity contribution in [1.82, 2.24) is 13.9 Å². The summed E-state index contributed by atoms with van der Waals surface area (Å²) in [5.74, 6) is 0.352. The summed E-state index contributed by atoms with van der Waals surface area (Å²) in [7, 11) is -0.467. The minimum atomic E-state index is -3.47. The Morgan fingerprint density at radius 1 is 1.27 bits per heavy atom. The van der Waals surface area contributed by atoms with Crippen LogP contribution in [0.4, 0.5) is 0 Å². The molecule has 0 spiro atoms. The van der Waals surface area contributed by atoms with Crippen molar-refractivity contribution < 1.29 is 17.9 Å². The van der Waals surface area contributed by atoms with E-state index in [2.05, 4.69) is 11.4 Å². The smallest absolute Gasteiger partial charge is 0.281 e. The van der Waals surface area contributed by atoms with Crippen molar-refractivity contribution in [3.63, 3.8) is 0 Å². The molecule has 0 saturated carbocycles. The number of hydrogen-bond donors (Lipinski definition) is 1. The van der Waals surface area contributed by atoms with Crippen LogP contribution in [0.1, 0.15) is 24.0 Å². The third kappa shape index (κ3) is 5.43. The van der Waals surface area contributed by atoms with Crippen LogP contribution >= 0.6 is 0 Å². The number of hydrogen-bond acceptors (Lipinski definition) is 4. The Morgan fingerprint density at radius 2 is 1.92 bits per heavy atom. The number of rotatable bonds is 7. The van der Waals surface area contributed by atoms with Crippen LogP contribution in [0.3, 0.4) is 0 Å². The molecule has 8 heteroatoms. The lowest BCUT2D eigenvalue weighted by molar-refractivity contribution is -0.126. The van der Waals surface area contributed by atoms with Crippen molar-refractivity contribution in [3.8, 4) is 5.75 Å². The first kappa shape index (κ1) is 20.7. The number of benzene rings is 1. The lowest BCUT2D eigenvalue weighted by Gasteiger charge is -2.32. The van der Waals surface area contributed by atoms with Crippen molar-refractivity contribution in [3.05, 3.63) is 29.3 Å². The van der Waals surface area contributed by atoms with Gasteiger partial charge in [0, 0.05) is 27.2 Å². The molecule has 1 heterocycles. The minimum Gasteiger partial charge on any atom is -0.492 e. The van der Waals surface area contributed by atoms with Gasteiger partial charge in [0.2, 0.25) is 5.91 Å². The number of ether oxygens (including phenoxy) is 1. The fraction of sp³-hybridized carbons (Fsp3) is 0.611. The first-order chi connectivity index (χ1) is 12.2. The highest BCUT2D eigenvalue weighted by Crippen LogP contribution is 2.20. The van der Waals surface area contributed by atoms with Gasteiger partial charge in [0.1, 0.15) is 12.4 Å². The van der Waals surface area contributed by atoms with E-state index in [1.54, 1.807) is 0 Å². The molecule has 0 aromatic heterocycles. The summed E-state index contributed by atoms with van der Waals surface area (Å²) in [6.45, 7) is 5.48. The van der Waals surface area contributed by atoms with E-state index in [0.717, 1.165) is 16.9 Å². The molecule has 1 amide bonds. The number of nitrogens with zero attached hydrogens (tertiary/aromatic N) is 2. The van der Waals surface area contributed by atoms with Crippen LogP contribution in [0.2, 0.25) is 0 Å². The normalized spacial score (nSPS) is 18.7. The minimum absolute atomic E-state index is 0.118. The number of nitrogens with one attached hydrogen (secondary N) is 1. The molecule has 7 nitrogen and oxygen atoms in total. The van der Waals surface area contributed by atoms with Gasteiger partial charge in [0.05, 0.1) is 12.5 Å². The highest BCUT2D eigenvalue weighted by atomic mass is 32.2. The van der Waals surface area contributed by atoms with E-state index in [0.29, 0.717) is 32.5 Å². The molecular formula is C18H29N3O4S. The summed E-state index contributed by atoms with van der Waals surface area (Å²) in [6.07, 6.45) is 1.38. The van der Waals surface area contributed by atoms with Gasteiger partial charge in [-0.3, -0.25) is 4.79 Å². The van der Waals surface area contributed by atoms with E-state index in [-0.39, 0.29) is 18.4 Å². The molecule has 0 radical (unpaired) electrons. The summed E-state index contributed by atoms with van der Waals surface area (Å²) in [5.41, 5.74) is 2.27. The van der Waals surface area contributed by atoms with Crippen molar-refractivity contribution >= 4 is 16.1 Å². The molecule has 1 saturated heterocycles. The standard InChI is InChI=1S/C18H29N3O4S/c1-14-10-15(2)12-17(11-14)25-9-7-19-18(22)16-6-5-8-21(13-16)26(23,24)20(3)4/h10-12,16H,5-9,13H2,1-4H3,(H,19,22). The van der Waals surface area contributed by atoms with Gasteiger partial charge >= 0.3 is 0 Å². The average molecular weight is 384 g/mol. The molecule has 0 bridgehead atoms. The summed E-state index contributed by atoms with van der Waals surface area (Å²) < 4.78 is 32.7. The van der Waals surface area contributed by atoms with E-state index in [1.165, 1.54) is 22.7 Å². The number of aryl methyl sites for hydroxylation is 2. The summed E-state index contributed by atoms with van der Waals surface area (Å²) in [4.78, 5) is 12.4. The quantitative estimate of drug-likeness (QED) is 0.720. The van der Waals surface area contributed by atoms with Gasteiger partial charge in [-0.1, -0.05) is 6.07 Å². The molecule has 1 fully saturated rings. The van der Waals surface area contributed by atoms with Crippen LogP contribution in [0, 0.1) is 19.8 Å². The fourth-order valence-electron chi connectivity index (χ4n) is 3.10. The maximum absolute atomic E-state index is 12.4. The molecule has 1 aromatic rings. The molecule has 146 valence electrons. The topological polar surface area (TPSA) is 79.0 Å². The molecule has 1 aliphatic rings. The molecule has 1 N–H and O–H groups in total.